The van der Waals surface area contributed by atoms with Gasteiger partial charge < -0.3 is 19.1 Å². The second kappa shape index (κ2) is 10.2. The number of benzene rings is 2. The summed E-state index contributed by atoms with van der Waals surface area (Å²) in [7, 11) is 2.92. The van der Waals surface area contributed by atoms with E-state index in [1.165, 1.54) is 14.2 Å². The molecular weight excluding hydrogens is 452 g/mol. The highest BCUT2D eigenvalue weighted by atomic mass is 16.5. The molecule has 0 saturated carbocycles. The predicted molar refractivity (Wildman–Crippen MR) is 125 cm³/mol. The molecule has 4 rings (SSSR count). The lowest BCUT2D eigenvalue weighted by molar-refractivity contribution is -0.149. The smallest absolute Gasteiger partial charge is 0.309 e. The maximum Gasteiger partial charge on any atom is 0.309 e. The number of carbonyl (C=O) groups excluding carboxylic acids is 4. The topological polar surface area (TPSA) is 102 Å². The number of carbonyl (C=O) groups is 4. The minimum Gasteiger partial charge on any atom is -0.493 e. The zero-order chi connectivity index (χ0) is 25.1. The molecule has 2 aromatic rings. The predicted octanol–water partition coefficient (Wildman–Crippen LogP) is 2.92. The maximum atomic E-state index is 13.3. The molecular formula is C26H28N2O7. The molecule has 2 aromatic carbocycles. The van der Waals surface area contributed by atoms with Crippen LogP contribution in [-0.4, -0.2) is 67.4 Å². The fourth-order valence-corrected chi connectivity index (χ4v) is 4.60. The molecule has 2 heterocycles. The number of amides is 3. The summed E-state index contributed by atoms with van der Waals surface area (Å²) < 4.78 is 16.1. The SMILES string of the molecule is CCOC(=O)C1CCN(C(=O)c2cc(CN3C(=O)c4ccccc4C3=O)c(OC)c(OC)c2)CC1. The highest BCUT2D eigenvalue weighted by Gasteiger charge is 2.36. The molecule has 2 aliphatic heterocycles. The Morgan fingerprint density at radius 3 is 2.14 bits per heavy atom. The van der Waals surface area contributed by atoms with Gasteiger partial charge in [-0.25, -0.2) is 0 Å². The minimum atomic E-state index is -0.399. The number of esters is 1. The number of rotatable bonds is 7. The van der Waals surface area contributed by atoms with E-state index < -0.39 is 11.8 Å². The van der Waals surface area contributed by atoms with E-state index in [0.717, 1.165) is 4.90 Å². The summed E-state index contributed by atoms with van der Waals surface area (Å²) in [5.41, 5.74) is 1.52. The van der Waals surface area contributed by atoms with Gasteiger partial charge in [-0.1, -0.05) is 12.1 Å². The van der Waals surface area contributed by atoms with Gasteiger partial charge in [-0.05, 0) is 44.0 Å². The molecule has 0 aliphatic carbocycles. The summed E-state index contributed by atoms with van der Waals surface area (Å²) in [5.74, 6) is -0.790. The van der Waals surface area contributed by atoms with Crippen LogP contribution in [0.5, 0.6) is 11.5 Å². The van der Waals surface area contributed by atoms with Crippen LogP contribution in [0.4, 0.5) is 0 Å². The van der Waals surface area contributed by atoms with E-state index in [0.29, 0.717) is 66.3 Å². The molecule has 0 radical (unpaired) electrons. The first-order valence-electron chi connectivity index (χ1n) is 11.6. The van der Waals surface area contributed by atoms with E-state index >= 15 is 0 Å². The third kappa shape index (κ3) is 4.58. The van der Waals surface area contributed by atoms with Crippen molar-refractivity contribution < 1.29 is 33.4 Å². The number of hydrogen-bond donors (Lipinski definition) is 0. The van der Waals surface area contributed by atoms with Crippen LogP contribution in [0.25, 0.3) is 0 Å². The van der Waals surface area contributed by atoms with Crippen molar-refractivity contribution in [2.75, 3.05) is 33.9 Å². The Hall–Kier alpha value is -3.88. The highest BCUT2D eigenvalue weighted by molar-refractivity contribution is 6.21. The molecule has 1 fully saturated rings. The maximum absolute atomic E-state index is 13.3. The second-order valence-electron chi connectivity index (χ2n) is 8.43. The fraction of sp³-hybridized carbons (Fsp3) is 0.385. The molecule has 184 valence electrons. The summed E-state index contributed by atoms with van der Waals surface area (Å²) in [6.45, 7) is 2.87. The van der Waals surface area contributed by atoms with Crippen LogP contribution in [0, 0.1) is 5.92 Å². The summed E-state index contributed by atoms with van der Waals surface area (Å²) in [6.07, 6.45) is 1.06. The van der Waals surface area contributed by atoms with E-state index in [2.05, 4.69) is 0 Å². The van der Waals surface area contributed by atoms with Gasteiger partial charge in [0.05, 0.1) is 44.4 Å². The zero-order valence-corrected chi connectivity index (χ0v) is 20.0. The van der Waals surface area contributed by atoms with Gasteiger partial charge in [0.15, 0.2) is 11.5 Å². The van der Waals surface area contributed by atoms with E-state index in [1.54, 1.807) is 48.2 Å². The van der Waals surface area contributed by atoms with Crippen molar-refractivity contribution in [3.63, 3.8) is 0 Å². The Kier molecular flexibility index (Phi) is 7.04. The number of piperidine rings is 1. The number of imide groups is 1. The average Bonchev–Trinajstić information content (AvgIpc) is 3.13. The fourth-order valence-electron chi connectivity index (χ4n) is 4.60. The molecule has 2 aliphatic rings. The Balaban J connectivity index is 1.58. The number of hydrogen-bond acceptors (Lipinski definition) is 7. The van der Waals surface area contributed by atoms with Gasteiger partial charge in [0, 0.05) is 24.2 Å². The van der Waals surface area contributed by atoms with Crippen molar-refractivity contribution in [1.29, 1.82) is 0 Å². The molecule has 0 N–H and O–H groups in total. The van der Waals surface area contributed by atoms with Crippen molar-refractivity contribution in [3.05, 3.63) is 58.7 Å². The van der Waals surface area contributed by atoms with E-state index in [9.17, 15) is 19.2 Å². The Bertz CT molecular complexity index is 1130. The third-order valence-corrected chi connectivity index (χ3v) is 6.41. The van der Waals surface area contributed by atoms with Crippen LogP contribution in [0.1, 0.15) is 56.4 Å². The number of nitrogens with zero attached hydrogens (tertiary/aromatic N) is 2. The van der Waals surface area contributed by atoms with Gasteiger partial charge in [-0.15, -0.1) is 0 Å². The Morgan fingerprint density at radius 1 is 0.971 bits per heavy atom. The van der Waals surface area contributed by atoms with Gasteiger partial charge >= 0.3 is 5.97 Å². The first-order valence-corrected chi connectivity index (χ1v) is 11.6. The molecule has 1 saturated heterocycles. The van der Waals surface area contributed by atoms with Crippen molar-refractivity contribution >= 4 is 23.7 Å². The average molecular weight is 481 g/mol. The van der Waals surface area contributed by atoms with Crippen LogP contribution in [0.3, 0.4) is 0 Å². The normalized spacial score (nSPS) is 15.7. The summed E-state index contributed by atoms with van der Waals surface area (Å²) in [5, 5.41) is 0. The summed E-state index contributed by atoms with van der Waals surface area (Å²) in [4.78, 5) is 54.0. The molecule has 0 unspecified atom stereocenters. The van der Waals surface area contributed by atoms with Gasteiger partial charge in [0.25, 0.3) is 17.7 Å². The standard InChI is InChI=1S/C26H28N2O7/c1-4-35-26(32)16-9-11-27(12-10-16)23(29)17-13-18(22(34-3)21(14-17)33-2)15-28-24(30)19-7-5-6-8-20(19)25(28)31/h5-8,13-14,16H,4,9-12,15H2,1-3H3. The quantitative estimate of drug-likeness (QED) is 0.443. The Labute approximate surface area is 203 Å². The van der Waals surface area contributed by atoms with Crippen LogP contribution >= 0.6 is 0 Å². The summed E-state index contributed by atoms with van der Waals surface area (Å²) in [6, 6.07) is 9.87. The monoisotopic (exact) mass is 480 g/mol. The summed E-state index contributed by atoms with van der Waals surface area (Å²) >= 11 is 0. The lowest BCUT2D eigenvalue weighted by atomic mass is 9.96. The largest absolute Gasteiger partial charge is 0.493 e. The van der Waals surface area contributed by atoms with Gasteiger partial charge in [-0.3, -0.25) is 24.1 Å². The third-order valence-electron chi connectivity index (χ3n) is 6.41. The molecule has 9 heteroatoms. The van der Waals surface area contributed by atoms with Crippen molar-refractivity contribution in [1.82, 2.24) is 9.80 Å². The van der Waals surface area contributed by atoms with E-state index in [4.69, 9.17) is 14.2 Å². The van der Waals surface area contributed by atoms with Crippen LogP contribution in [0.2, 0.25) is 0 Å². The van der Waals surface area contributed by atoms with Crippen LogP contribution in [0.15, 0.2) is 36.4 Å². The molecule has 0 aromatic heterocycles. The lowest BCUT2D eigenvalue weighted by Crippen LogP contribution is -2.40. The number of likely N-dealkylation sites (tertiary alicyclic amines) is 1. The lowest BCUT2D eigenvalue weighted by Gasteiger charge is -2.31. The minimum absolute atomic E-state index is 0.0715. The molecule has 0 bridgehead atoms. The molecule has 9 nitrogen and oxygen atoms in total. The highest BCUT2D eigenvalue weighted by Crippen LogP contribution is 2.36. The molecule has 0 atom stereocenters. The van der Waals surface area contributed by atoms with Crippen molar-refractivity contribution in [2.24, 2.45) is 5.92 Å². The van der Waals surface area contributed by atoms with Gasteiger partial charge in [-0.2, -0.15) is 0 Å². The second-order valence-corrected chi connectivity index (χ2v) is 8.43. The van der Waals surface area contributed by atoms with Crippen LogP contribution < -0.4 is 9.47 Å². The van der Waals surface area contributed by atoms with Crippen molar-refractivity contribution in [2.45, 2.75) is 26.3 Å². The molecule has 0 spiro atoms. The first-order chi connectivity index (χ1) is 16.9. The van der Waals surface area contributed by atoms with Crippen LogP contribution in [-0.2, 0) is 16.1 Å². The van der Waals surface area contributed by atoms with E-state index in [-0.39, 0.29) is 24.3 Å². The zero-order valence-electron chi connectivity index (χ0n) is 20.0. The number of methoxy groups -OCH3 is 2. The Morgan fingerprint density at radius 2 is 1.60 bits per heavy atom. The number of fused-ring (bicyclic) bond motifs is 1. The van der Waals surface area contributed by atoms with Crippen molar-refractivity contribution in [3.8, 4) is 11.5 Å². The van der Waals surface area contributed by atoms with Gasteiger partial charge in [0.1, 0.15) is 0 Å². The van der Waals surface area contributed by atoms with Gasteiger partial charge in [0.2, 0.25) is 0 Å². The first kappa shape index (κ1) is 24.3. The number of ether oxygens (including phenoxy) is 3. The van der Waals surface area contributed by atoms with E-state index in [1.807, 2.05) is 0 Å². The molecule has 3 amide bonds. The molecule has 35 heavy (non-hydrogen) atoms.